The van der Waals surface area contributed by atoms with Crippen LogP contribution in [0.2, 0.25) is 0 Å². The summed E-state index contributed by atoms with van der Waals surface area (Å²) >= 11 is 0. The van der Waals surface area contributed by atoms with Gasteiger partial charge in [-0.1, -0.05) is 24.1 Å². The Labute approximate surface area is 106 Å². The van der Waals surface area contributed by atoms with E-state index >= 15 is 0 Å². The molecule has 4 nitrogen and oxygen atoms in total. The molecule has 1 N–H and O–H groups in total. The molecule has 0 saturated carbocycles. The maximum atomic E-state index is 12.1. The average Bonchev–Trinajstić information content (AvgIpc) is 2.66. The number of hydrogen-bond acceptors (Lipinski definition) is 3. The molecule has 2 rings (SSSR count). The first kappa shape index (κ1) is 12.3. The van der Waals surface area contributed by atoms with Crippen molar-refractivity contribution in [3.05, 3.63) is 30.3 Å². The number of nitrogens with zero attached hydrogens (tertiary/aromatic N) is 1. The minimum Gasteiger partial charge on any atom is -0.295 e. The summed E-state index contributed by atoms with van der Waals surface area (Å²) in [6, 6.07) is 8.51. The van der Waals surface area contributed by atoms with Gasteiger partial charge in [0, 0.05) is 0 Å². The van der Waals surface area contributed by atoms with Crippen molar-refractivity contribution in [3.8, 4) is 11.8 Å². The van der Waals surface area contributed by atoms with Crippen LogP contribution in [0, 0.1) is 11.8 Å². The van der Waals surface area contributed by atoms with Gasteiger partial charge in [0.2, 0.25) is 5.91 Å². The first-order valence-corrected chi connectivity index (χ1v) is 5.79. The topological polar surface area (TPSA) is 49.4 Å². The minimum atomic E-state index is -0.460. The monoisotopic (exact) mass is 242 g/mol. The molecular formula is C14H14N2O2. The van der Waals surface area contributed by atoms with Crippen LogP contribution < -0.4 is 10.2 Å². The second-order valence-electron chi connectivity index (χ2n) is 3.97. The summed E-state index contributed by atoms with van der Waals surface area (Å²) in [5.74, 6) is 5.18. The molecule has 1 unspecified atom stereocenters. The molecule has 0 radical (unpaired) electrons. The second-order valence-corrected chi connectivity index (χ2v) is 3.97. The lowest BCUT2D eigenvalue weighted by molar-refractivity contribution is -0.121. The van der Waals surface area contributed by atoms with Gasteiger partial charge in [-0.25, -0.2) is 4.90 Å². The first-order valence-electron chi connectivity index (χ1n) is 5.79. The molecule has 1 aromatic rings. The lowest BCUT2D eigenvalue weighted by Crippen LogP contribution is -2.39. The van der Waals surface area contributed by atoms with Gasteiger partial charge in [-0.05, 0) is 19.1 Å². The van der Waals surface area contributed by atoms with Crippen LogP contribution >= 0.6 is 0 Å². The van der Waals surface area contributed by atoms with E-state index in [2.05, 4.69) is 17.2 Å². The van der Waals surface area contributed by atoms with E-state index in [1.54, 1.807) is 31.2 Å². The Morgan fingerprint density at radius 3 is 2.72 bits per heavy atom. The summed E-state index contributed by atoms with van der Waals surface area (Å²) in [4.78, 5) is 25.2. The van der Waals surface area contributed by atoms with Gasteiger partial charge in [0.15, 0.2) is 0 Å². The SMILES string of the molecule is CC#CCNC1CC(=O)N(c2ccccc2)C1=O. The lowest BCUT2D eigenvalue weighted by atomic mass is 10.2. The molecule has 1 atom stereocenters. The Hall–Kier alpha value is -2.12. The number of carbonyl (C=O) groups excluding carboxylic acids is 2. The predicted molar refractivity (Wildman–Crippen MR) is 68.8 cm³/mol. The van der Waals surface area contributed by atoms with Crippen molar-refractivity contribution >= 4 is 17.5 Å². The number of hydrogen-bond donors (Lipinski definition) is 1. The zero-order valence-electron chi connectivity index (χ0n) is 10.1. The van der Waals surface area contributed by atoms with E-state index in [1.807, 2.05) is 6.07 Å². The van der Waals surface area contributed by atoms with Gasteiger partial charge in [-0.3, -0.25) is 14.9 Å². The molecule has 18 heavy (non-hydrogen) atoms. The third-order valence-electron chi connectivity index (χ3n) is 2.77. The summed E-state index contributed by atoms with van der Waals surface area (Å²) in [7, 11) is 0. The van der Waals surface area contributed by atoms with Gasteiger partial charge >= 0.3 is 0 Å². The lowest BCUT2D eigenvalue weighted by Gasteiger charge is -2.14. The highest BCUT2D eigenvalue weighted by Crippen LogP contribution is 2.22. The molecule has 1 saturated heterocycles. The summed E-state index contributed by atoms with van der Waals surface area (Å²) in [6.45, 7) is 2.16. The number of para-hydroxylation sites is 1. The van der Waals surface area contributed by atoms with E-state index in [9.17, 15) is 9.59 Å². The van der Waals surface area contributed by atoms with Crippen LogP contribution in [0.15, 0.2) is 30.3 Å². The molecule has 1 aliphatic heterocycles. The molecule has 2 amide bonds. The highest BCUT2D eigenvalue weighted by Gasteiger charge is 2.38. The normalized spacial score (nSPS) is 18.7. The van der Waals surface area contributed by atoms with Crippen LogP contribution in [-0.2, 0) is 9.59 Å². The highest BCUT2D eigenvalue weighted by molar-refractivity contribution is 6.22. The molecule has 0 bridgehead atoms. The van der Waals surface area contributed by atoms with Gasteiger partial charge in [0.05, 0.1) is 24.7 Å². The number of benzene rings is 1. The van der Waals surface area contributed by atoms with E-state index in [0.717, 1.165) is 0 Å². The third-order valence-corrected chi connectivity index (χ3v) is 2.77. The van der Waals surface area contributed by atoms with Gasteiger partial charge < -0.3 is 0 Å². The van der Waals surface area contributed by atoms with E-state index in [4.69, 9.17) is 0 Å². The standard InChI is InChI=1S/C14H14N2O2/c1-2-3-9-15-12-10-13(17)16(14(12)18)11-7-5-4-6-8-11/h4-8,12,15H,9-10H2,1H3. The van der Waals surface area contributed by atoms with Crippen LogP contribution in [0.1, 0.15) is 13.3 Å². The van der Waals surface area contributed by atoms with Crippen molar-refractivity contribution in [1.29, 1.82) is 0 Å². The fourth-order valence-electron chi connectivity index (χ4n) is 1.90. The number of imide groups is 1. The molecule has 4 heteroatoms. The second kappa shape index (κ2) is 5.48. The largest absolute Gasteiger partial charge is 0.295 e. The van der Waals surface area contributed by atoms with Crippen LogP contribution in [0.5, 0.6) is 0 Å². The van der Waals surface area contributed by atoms with Crippen molar-refractivity contribution in [1.82, 2.24) is 5.32 Å². The average molecular weight is 242 g/mol. The smallest absolute Gasteiger partial charge is 0.251 e. The molecule has 1 heterocycles. The van der Waals surface area contributed by atoms with E-state index in [0.29, 0.717) is 12.2 Å². The van der Waals surface area contributed by atoms with E-state index < -0.39 is 6.04 Å². The third kappa shape index (κ3) is 2.41. The zero-order valence-corrected chi connectivity index (χ0v) is 10.1. The van der Waals surface area contributed by atoms with Gasteiger partial charge in [0.25, 0.3) is 5.91 Å². The van der Waals surface area contributed by atoms with Crippen molar-refractivity contribution in [3.63, 3.8) is 0 Å². The first-order chi connectivity index (χ1) is 8.74. The fraction of sp³-hybridized carbons (Fsp3) is 0.286. The molecule has 1 fully saturated rings. The number of rotatable bonds is 3. The van der Waals surface area contributed by atoms with Crippen molar-refractivity contribution in [2.45, 2.75) is 19.4 Å². The molecular weight excluding hydrogens is 228 g/mol. The summed E-state index contributed by atoms with van der Waals surface area (Å²) < 4.78 is 0. The van der Waals surface area contributed by atoms with Gasteiger partial charge in [-0.15, -0.1) is 5.92 Å². The zero-order chi connectivity index (χ0) is 13.0. The van der Waals surface area contributed by atoms with Gasteiger partial charge in [-0.2, -0.15) is 0 Å². The fourth-order valence-corrected chi connectivity index (χ4v) is 1.90. The van der Waals surface area contributed by atoms with Crippen LogP contribution in [0.4, 0.5) is 5.69 Å². The Kier molecular flexibility index (Phi) is 3.75. The Morgan fingerprint density at radius 1 is 1.33 bits per heavy atom. The number of anilines is 1. The molecule has 0 aliphatic carbocycles. The molecule has 1 aliphatic rings. The van der Waals surface area contributed by atoms with Crippen molar-refractivity contribution in [2.75, 3.05) is 11.4 Å². The van der Waals surface area contributed by atoms with E-state index in [1.165, 1.54) is 4.90 Å². The number of carbonyl (C=O) groups is 2. The maximum absolute atomic E-state index is 12.1. The molecule has 0 spiro atoms. The highest BCUT2D eigenvalue weighted by atomic mass is 16.2. The molecule has 92 valence electrons. The number of amides is 2. The summed E-state index contributed by atoms with van der Waals surface area (Å²) in [5, 5.41) is 2.98. The maximum Gasteiger partial charge on any atom is 0.251 e. The predicted octanol–water partition coefficient (Wildman–Crippen LogP) is 0.931. The summed E-state index contributed by atoms with van der Waals surface area (Å²) in [6.07, 6.45) is 0.194. The molecule has 0 aromatic heterocycles. The van der Waals surface area contributed by atoms with Crippen LogP contribution in [0.3, 0.4) is 0 Å². The summed E-state index contributed by atoms with van der Waals surface area (Å²) in [5.41, 5.74) is 0.623. The van der Waals surface area contributed by atoms with Crippen LogP contribution in [-0.4, -0.2) is 24.4 Å². The number of nitrogens with one attached hydrogen (secondary N) is 1. The Bertz CT molecular complexity index is 514. The quantitative estimate of drug-likeness (QED) is 0.633. The Morgan fingerprint density at radius 2 is 2.06 bits per heavy atom. The van der Waals surface area contributed by atoms with Crippen molar-refractivity contribution < 1.29 is 9.59 Å². The van der Waals surface area contributed by atoms with Crippen molar-refractivity contribution in [2.24, 2.45) is 0 Å². The van der Waals surface area contributed by atoms with E-state index in [-0.39, 0.29) is 18.2 Å². The Balaban J connectivity index is 2.12. The van der Waals surface area contributed by atoms with Crippen LogP contribution in [0.25, 0.3) is 0 Å². The van der Waals surface area contributed by atoms with Gasteiger partial charge in [0.1, 0.15) is 0 Å². The molecule has 1 aromatic carbocycles. The minimum absolute atomic E-state index is 0.173.